The molecular weight excluding hydrogens is 276 g/mol. The number of nitrogens with two attached hydrogens (primary N) is 1. The summed E-state index contributed by atoms with van der Waals surface area (Å²) in [7, 11) is 0. The predicted octanol–water partition coefficient (Wildman–Crippen LogP) is 2.34. The van der Waals surface area contributed by atoms with E-state index in [0.29, 0.717) is 16.8 Å². The number of imidazole rings is 1. The molecular formula is C13H14N4S2. The van der Waals surface area contributed by atoms with Crippen molar-refractivity contribution in [2.45, 2.75) is 11.8 Å². The molecule has 1 saturated heterocycles. The molecule has 0 aliphatic carbocycles. The van der Waals surface area contributed by atoms with E-state index < -0.39 is 0 Å². The van der Waals surface area contributed by atoms with Crippen molar-refractivity contribution >= 4 is 40.5 Å². The fourth-order valence-corrected chi connectivity index (χ4v) is 4.90. The van der Waals surface area contributed by atoms with Crippen LogP contribution in [0.4, 0.5) is 5.95 Å². The van der Waals surface area contributed by atoms with Gasteiger partial charge in [0.1, 0.15) is 0 Å². The Morgan fingerprint density at radius 3 is 3.11 bits per heavy atom. The summed E-state index contributed by atoms with van der Waals surface area (Å²) in [5, 5.41) is 9.57. The van der Waals surface area contributed by atoms with E-state index in [1.165, 1.54) is 11.5 Å². The second kappa shape index (κ2) is 5.35. The fraction of sp³-hybridized carbons (Fsp3) is 0.385. The molecule has 0 radical (unpaired) electrons. The first-order valence-electron chi connectivity index (χ1n) is 6.13. The first kappa shape index (κ1) is 12.7. The van der Waals surface area contributed by atoms with Crippen LogP contribution in [0.5, 0.6) is 0 Å². The molecule has 1 aliphatic rings. The molecule has 6 heteroatoms. The van der Waals surface area contributed by atoms with Gasteiger partial charge in [-0.2, -0.15) is 28.8 Å². The third-order valence-electron chi connectivity index (χ3n) is 3.18. The molecule has 1 fully saturated rings. The lowest BCUT2D eigenvalue weighted by molar-refractivity contribution is 0.724. The van der Waals surface area contributed by atoms with Crippen LogP contribution in [0.3, 0.4) is 0 Å². The number of nitriles is 1. The first-order chi connectivity index (χ1) is 9.28. The molecule has 1 aliphatic heterocycles. The topological polar surface area (TPSA) is 67.6 Å². The number of nitrogens with zero attached hydrogens (tertiary/aromatic N) is 3. The number of fused-ring (bicyclic) bond motifs is 1. The third-order valence-corrected chi connectivity index (χ3v) is 6.01. The van der Waals surface area contributed by atoms with Gasteiger partial charge in [-0.15, -0.1) is 0 Å². The minimum absolute atomic E-state index is 0.543. The average molecular weight is 290 g/mol. The van der Waals surface area contributed by atoms with E-state index in [2.05, 4.69) is 11.1 Å². The molecule has 1 unspecified atom stereocenters. The zero-order valence-electron chi connectivity index (χ0n) is 10.4. The Morgan fingerprint density at radius 2 is 2.37 bits per heavy atom. The normalized spacial score (nSPS) is 19.4. The standard InChI is InChI=1S/C13H14N4S2/c14-6-9-1-2-11-12(5-9)17(13(15)16-11)7-10-8-18-3-4-19-10/h1-2,5,10H,3-4,7-8H2,(H2,15,16). The van der Waals surface area contributed by atoms with Crippen molar-refractivity contribution in [1.29, 1.82) is 5.26 Å². The number of nitrogen functional groups attached to an aromatic ring is 1. The molecule has 1 atom stereocenters. The summed E-state index contributed by atoms with van der Waals surface area (Å²) in [6, 6.07) is 7.69. The van der Waals surface area contributed by atoms with Crippen LogP contribution in [0.15, 0.2) is 18.2 Å². The molecule has 2 heterocycles. The minimum Gasteiger partial charge on any atom is -0.369 e. The summed E-state index contributed by atoms with van der Waals surface area (Å²) in [6.07, 6.45) is 0. The summed E-state index contributed by atoms with van der Waals surface area (Å²) in [5.74, 6) is 4.13. The van der Waals surface area contributed by atoms with E-state index in [1.807, 2.05) is 40.2 Å². The summed E-state index contributed by atoms with van der Waals surface area (Å²) >= 11 is 3.99. The van der Waals surface area contributed by atoms with Crippen LogP contribution in [0.1, 0.15) is 5.56 Å². The highest BCUT2D eigenvalue weighted by atomic mass is 32.2. The van der Waals surface area contributed by atoms with E-state index in [1.54, 1.807) is 6.07 Å². The Morgan fingerprint density at radius 1 is 1.47 bits per heavy atom. The van der Waals surface area contributed by atoms with E-state index in [0.717, 1.165) is 23.3 Å². The molecule has 1 aromatic heterocycles. The lowest BCUT2D eigenvalue weighted by atomic mass is 10.2. The van der Waals surface area contributed by atoms with Gasteiger partial charge in [-0.3, -0.25) is 0 Å². The third kappa shape index (κ3) is 2.53. The van der Waals surface area contributed by atoms with Gasteiger partial charge in [0.05, 0.1) is 22.7 Å². The van der Waals surface area contributed by atoms with Crippen LogP contribution >= 0.6 is 23.5 Å². The summed E-state index contributed by atoms with van der Waals surface area (Å²) in [4.78, 5) is 4.37. The molecule has 98 valence electrons. The van der Waals surface area contributed by atoms with E-state index in [-0.39, 0.29) is 0 Å². The number of aromatic nitrogens is 2. The summed E-state index contributed by atoms with van der Waals surface area (Å²) < 4.78 is 2.04. The first-order valence-corrected chi connectivity index (χ1v) is 8.33. The largest absolute Gasteiger partial charge is 0.369 e. The van der Waals surface area contributed by atoms with E-state index in [4.69, 9.17) is 11.0 Å². The number of rotatable bonds is 2. The van der Waals surface area contributed by atoms with Gasteiger partial charge in [0, 0.05) is 29.1 Å². The maximum absolute atomic E-state index is 9.00. The van der Waals surface area contributed by atoms with Crippen molar-refractivity contribution in [1.82, 2.24) is 9.55 Å². The van der Waals surface area contributed by atoms with Gasteiger partial charge in [-0.25, -0.2) is 4.98 Å². The highest BCUT2D eigenvalue weighted by Gasteiger charge is 2.18. The Balaban J connectivity index is 1.97. The molecule has 3 rings (SSSR count). The van der Waals surface area contributed by atoms with Crippen LogP contribution in [0, 0.1) is 11.3 Å². The zero-order valence-corrected chi connectivity index (χ0v) is 12.0. The van der Waals surface area contributed by atoms with Gasteiger partial charge in [0.15, 0.2) is 0 Å². The number of benzene rings is 1. The molecule has 1 aromatic carbocycles. The van der Waals surface area contributed by atoms with Crippen molar-refractivity contribution in [2.24, 2.45) is 0 Å². The van der Waals surface area contributed by atoms with Crippen LogP contribution in [0.25, 0.3) is 11.0 Å². The predicted molar refractivity (Wildman–Crippen MR) is 82.4 cm³/mol. The van der Waals surface area contributed by atoms with Crippen molar-refractivity contribution in [3.8, 4) is 6.07 Å². The van der Waals surface area contributed by atoms with Gasteiger partial charge in [0.2, 0.25) is 5.95 Å². The van der Waals surface area contributed by atoms with Gasteiger partial charge >= 0.3 is 0 Å². The zero-order chi connectivity index (χ0) is 13.2. The highest BCUT2D eigenvalue weighted by molar-refractivity contribution is 8.06. The van der Waals surface area contributed by atoms with Gasteiger partial charge in [0.25, 0.3) is 0 Å². The van der Waals surface area contributed by atoms with Crippen LogP contribution in [0.2, 0.25) is 0 Å². The Labute approximate surface area is 120 Å². The van der Waals surface area contributed by atoms with E-state index in [9.17, 15) is 0 Å². The number of anilines is 1. The molecule has 0 bridgehead atoms. The van der Waals surface area contributed by atoms with Crippen molar-refractivity contribution < 1.29 is 0 Å². The lowest BCUT2D eigenvalue weighted by Gasteiger charge is -2.22. The van der Waals surface area contributed by atoms with Crippen molar-refractivity contribution in [3.63, 3.8) is 0 Å². The highest BCUT2D eigenvalue weighted by Crippen LogP contribution is 2.28. The molecule has 2 aromatic rings. The smallest absolute Gasteiger partial charge is 0.201 e. The van der Waals surface area contributed by atoms with E-state index >= 15 is 0 Å². The molecule has 19 heavy (non-hydrogen) atoms. The lowest BCUT2D eigenvalue weighted by Crippen LogP contribution is -2.21. The molecule has 0 amide bonds. The monoisotopic (exact) mass is 290 g/mol. The Hall–Kier alpha value is -1.32. The molecule has 4 nitrogen and oxygen atoms in total. The van der Waals surface area contributed by atoms with Gasteiger partial charge in [-0.05, 0) is 18.2 Å². The molecule has 2 N–H and O–H groups in total. The summed E-state index contributed by atoms with van der Waals surface area (Å²) in [5.41, 5.74) is 8.50. The Kier molecular flexibility index (Phi) is 3.58. The molecule has 0 saturated carbocycles. The van der Waals surface area contributed by atoms with Crippen LogP contribution in [-0.4, -0.2) is 32.1 Å². The van der Waals surface area contributed by atoms with Crippen LogP contribution < -0.4 is 5.73 Å². The summed E-state index contributed by atoms with van der Waals surface area (Å²) in [6.45, 7) is 0.870. The minimum atomic E-state index is 0.543. The second-order valence-electron chi connectivity index (χ2n) is 4.46. The van der Waals surface area contributed by atoms with Gasteiger partial charge in [-0.1, -0.05) is 0 Å². The Bertz CT molecular complexity index is 638. The van der Waals surface area contributed by atoms with Crippen LogP contribution in [-0.2, 0) is 6.54 Å². The average Bonchev–Trinajstić information content (AvgIpc) is 2.76. The number of hydrogen-bond acceptors (Lipinski definition) is 5. The maximum atomic E-state index is 9.00. The fourth-order valence-electron chi connectivity index (χ4n) is 2.25. The SMILES string of the molecule is N#Cc1ccc2nc(N)n(CC3CSCCS3)c2c1. The molecule has 0 spiro atoms. The number of hydrogen-bond donors (Lipinski definition) is 1. The maximum Gasteiger partial charge on any atom is 0.201 e. The second-order valence-corrected chi connectivity index (χ2v) is 7.02. The quantitative estimate of drug-likeness (QED) is 0.919. The van der Waals surface area contributed by atoms with Crippen molar-refractivity contribution in [2.75, 3.05) is 23.0 Å². The van der Waals surface area contributed by atoms with Gasteiger partial charge < -0.3 is 10.3 Å². The number of thioether (sulfide) groups is 2. The van der Waals surface area contributed by atoms with Crippen molar-refractivity contribution in [3.05, 3.63) is 23.8 Å².